The summed E-state index contributed by atoms with van der Waals surface area (Å²) in [7, 11) is 0. The maximum Gasteiger partial charge on any atom is 0.322 e. The van der Waals surface area contributed by atoms with E-state index < -0.39 is 5.97 Å². The van der Waals surface area contributed by atoms with Crippen molar-refractivity contribution in [1.82, 2.24) is 5.32 Å². The number of carbonyl (C=O) groups excluding carboxylic acids is 1. The number of anilines is 2. The van der Waals surface area contributed by atoms with Crippen molar-refractivity contribution >= 4 is 23.3 Å². The number of aliphatic carboxylic acids is 1. The quantitative estimate of drug-likeness (QED) is 0.821. The van der Waals surface area contributed by atoms with E-state index in [1.807, 2.05) is 29.2 Å². The molecule has 1 aliphatic heterocycles. The fourth-order valence-corrected chi connectivity index (χ4v) is 2.38. The highest BCUT2D eigenvalue weighted by molar-refractivity contribution is 5.86. The highest BCUT2D eigenvalue weighted by atomic mass is 16.4. The molecule has 0 saturated carbocycles. The first-order valence-corrected chi connectivity index (χ1v) is 6.69. The molecule has 2 N–H and O–H groups in total. The van der Waals surface area contributed by atoms with Gasteiger partial charge in [-0.15, -0.1) is 0 Å². The number of nitrogens with zero attached hydrogens (tertiary/aromatic N) is 2. The van der Waals surface area contributed by atoms with Gasteiger partial charge in [0.05, 0.1) is 17.9 Å². The van der Waals surface area contributed by atoms with E-state index in [1.54, 1.807) is 0 Å². The van der Waals surface area contributed by atoms with E-state index in [0.717, 1.165) is 31.0 Å². The topological polar surface area (TPSA) is 72.9 Å². The summed E-state index contributed by atoms with van der Waals surface area (Å²) in [5.74, 6) is -1.30. The number of fused-ring (bicyclic) bond motifs is 1. The SMILES string of the molecule is CCN1CCN(CC(=O)NCC(=O)O)c2ccccc21. The molecule has 108 valence electrons. The Morgan fingerprint density at radius 3 is 2.40 bits per heavy atom. The van der Waals surface area contributed by atoms with Gasteiger partial charge in [0, 0.05) is 19.6 Å². The van der Waals surface area contributed by atoms with Gasteiger partial charge in [0.25, 0.3) is 0 Å². The van der Waals surface area contributed by atoms with E-state index >= 15 is 0 Å². The molecule has 0 fully saturated rings. The zero-order valence-corrected chi connectivity index (χ0v) is 11.5. The molecule has 0 atom stereocenters. The third-order valence-electron chi connectivity index (χ3n) is 3.36. The van der Waals surface area contributed by atoms with Gasteiger partial charge in [-0.05, 0) is 19.1 Å². The van der Waals surface area contributed by atoms with Crippen molar-refractivity contribution in [2.24, 2.45) is 0 Å². The summed E-state index contributed by atoms with van der Waals surface area (Å²) < 4.78 is 0. The van der Waals surface area contributed by atoms with Gasteiger partial charge in [-0.25, -0.2) is 0 Å². The molecule has 0 saturated heterocycles. The van der Waals surface area contributed by atoms with Crippen LogP contribution in [0.3, 0.4) is 0 Å². The van der Waals surface area contributed by atoms with Crippen LogP contribution in [0.4, 0.5) is 11.4 Å². The molecule has 0 aliphatic carbocycles. The van der Waals surface area contributed by atoms with Crippen LogP contribution in [0.2, 0.25) is 0 Å². The molecule has 0 aromatic heterocycles. The van der Waals surface area contributed by atoms with Crippen LogP contribution in [0.25, 0.3) is 0 Å². The maximum atomic E-state index is 11.7. The molecular formula is C14H19N3O3. The average molecular weight is 277 g/mol. The van der Waals surface area contributed by atoms with Crippen LogP contribution in [-0.2, 0) is 9.59 Å². The van der Waals surface area contributed by atoms with Crippen molar-refractivity contribution in [2.75, 3.05) is 42.5 Å². The highest BCUT2D eigenvalue weighted by Crippen LogP contribution is 2.32. The molecule has 1 heterocycles. The van der Waals surface area contributed by atoms with Crippen molar-refractivity contribution < 1.29 is 14.7 Å². The van der Waals surface area contributed by atoms with Gasteiger partial charge in [-0.2, -0.15) is 0 Å². The Morgan fingerprint density at radius 2 is 1.80 bits per heavy atom. The number of rotatable bonds is 5. The third kappa shape index (κ3) is 3.20. The van der Waals surface area contributed by atoms with Crippen molar-refractivity contribution in [3.05, 3.63) is 24.3 Å². The lowest BCUT2D eigenvalue weighted by molar-refractivity contribution is -0.137. The first kappa shape index (κ1) is 14.2. The van der Waals surface area contributed by atoms with Gasteiger partial charge in [0.15, 0.2) is 0 Å². The predicted octanol–water partition coefficient (Wildman–Crippen LogP) is 0.534. The second-order valence-electron chi connectivity index (χ2n) is 4.66. The monoisotopic (exact) mass is 277 g/mol. The highest BCUT2D eigenvalue weighted by Gasteiger charge is 2.22. The zero-order valence-electron chi connectivity index (χ0n) is 11.5. The van der Waals surface area contributed by atoms with Crippen LogP contribution >= 0.6 is 0 Å². The number of carbonyl (C=O) groups is 2. The molecule has 1 aromatic carbocycles. The number of hydrogen-bond acceptors (Lipinski definition) is 4. The average Bonchev–Trinajstić information content (AvgIpc) is 2.45. The Balaban J connectivity index is 2.06. The number of carboxylic acids is 1. The molecule has 20 heavy (non-hydrogen) atoms. The van der Waals surface area contributed by atoms with E-state index in [-0.39, 0.29) is 19.0 Å². The molecule has 6 nitrogen and oxygen atoms in total. The Morgan fingerprint density at radius 1 is 1.20 bits per heavy atom. The fourth-order valence-electron chi connectivity index (χ4n) is 2.38. The smallest absolute Gasteiger partial charge is 0.322 e. The number of para-hydroxylation sites is 2. The number of amides is 1. The number of benzene rings is 1. The minimum Gasteiger partial charge on any atom is -0.480 e. The molecular weight excluding hydrogens is 258 g/mol. The Labute approximate surface area is 118 Å². The third-order valence-corrected chi connectivity index (χ3v) is 3.36. The van der Waals surface area contributed by atoms with Crippen molar-refractivity contribution in [1.29, 1.82) is 0 Å². The molecule has 1 aliphatic rings. The summed E-state index contributed by atoms with van der Waals surface area (Å²) in [6.45, 7) is 4.49. The molecule has 0 spiro atoms. The van der Waals surface area contributed by atoms with Crippen LogP contribution in [0.5, 0.6) is 0 Å². The number of carboxylic acid groups (broad SMARTS) is 1. The number of hydrogen-bond donors (Lipinski definition) is 2. The lowest BCUT2D eigenvalue weighted by Crippen LogP contribution is -2.46. The predicted molar refractivity (Wildman–Crippen MR) is 77.2 cm³/mol. The van der Waals surface area contributed by atoms with Crippen molar-refractivity contribution in [2.45, 2.75) is 6.92 Å². The fraction of sp³-hybridized carbons (Fsp3) is 0.429. The summed E-state index contributed by atoms with van der Waals surface area (Å²) in [5.41, 5.74) is 2.14. The summed E-state index contributed by atoms with van der Waals surface area (Å²) >= 11 is 0. The Kier molecular flexibility index (Phi) is 4.45. The van der Waals surface area contributed by atoms with Crippen LogP contribution in [0.15, 0.2) is 24.3 Å². The lowest BCUT2D eigenvalue weighted by Gasteiger charge is -2.38. The normalized spacial score (nSPS) is 13.8. The Hall–Kier alpha value is -2.24. The van der Waals surface area contributed by atoms with E-state index in [2.05, 4.69) is 17.1 Å². The van der Waals surface area contributed by atoms with Gasteiger partial charge < -0.3 is 20.2 Å². The summed E-state index contributed by atoms with van der Waals surface area (Å²) in [6.07, 6.45) is 0. The molecule has 0 radical (unpaired) electrons. The maximum absolute atomic E-state index is 11.7. The molecule has 1 amide bonds. The molecule has 0 unspecified atom stereocenters. The van der Waals surface area contributed by atoms with Crippen LogP contribution in [0.1, 0.15) is 6.92 Å². The van der Waals surface area contributed by atoms with Crippen molar-refractivity contribution in [3.63, 3.8) is 0 Å². The summed E-state index contributed by atoms with van der Waals surface area (Å²) in [5, 5.41) is 10.9. The summed E-state index contributed by atoms with van der Waals surface area (Å²) in [6, 6.07) is 7.96. The van der Waals surface area contributed by atoms with Crippen molar-refractivity contribution in [3.8, 4) is 0 Å². The second-order valence-corrected chi connectivity index (χ2v) is 4.66. The minimum atomic E-state index is -1.03. The van der Waals surface area contributed by atoms with Crippen LogP contribution in [-0.4, -0.2) is 49.7 Å². The van der Waals surface area contributed by atoms with Crippen LogP contribution in [0, 0.1) is 0 Å². The second kappa shape index (κ2) is 6.27. The number of nitrogens with one attached hydrogen (secondary N) is 1. The molecule has 2 rings (SSSR count). The van der Waals surface area contributed by atoms with E-state index in [1.165, 1.54) is 0 Å². The molecule has 6 heteroatoms. The largest absolute Gasteiger partial charge is 0.480 e. The molecule has 1 aromatic rings. The minimum absolute atomic E-state index is 0.182. The van der Waals surface area contributed by atoms with Gasteiger partial charge in [0.2, 0.25) is 5.91 Å². The number of likely N-dealkylation sites (N-methyl/N-ethyl adjacent to an activating group) is 1. The first-order valence-electron chi connectivity index (χ1n) is 6.69. The van der Waals surface area contributed by atoms with Gasteiger partial charge in [-0.1, -0.05) is 12.1 Å². The van der Waals surface area contributed by atoms with E-state index in [0.29, 0.717) is 0 Å². The van der Waals surface area contributed by atoms with E-state index in [4.69, 9.17) is 5.11 Å². The molecule has 0 bridgehead atoms. The first-order chi connectivity index (χ1) is 9.61. The standard InChI is InChI=1S/C14H19N3O3/c1-2-16-7-8-17(10-13(18)15-9-14(19)20)12-6-4-3-5-11(12)16/h3-6H,2,7-10H2,1H3,(H,15,18)(H,19,20). The van der Waals surface area contributed by atoms with E-state index in [9.17, 15) is 9.59 Å². The summed E-state index contributed by atoms with van der Waals surface area (Å²) in [4.78, 5) is 26.4. The zero-order chi connectivity index (χ0) is 14.5. The Bertz CT molecular complexity index is 504. The van der Waals surface area contributed by atoms with Gasteiger partial charge in [0.1, 0.15) is 6.54 Å². The van der Waals surface area contributed by atoms with Gasteiger partial charge in [-0.3, -0.25) is 9.59 Å². The lowest BCUT2D eigenvalue weighted by atomic mass is 10.1. The van der Waals surface area contributed by atoms with Crippen LogP contribution < -0.4 is 15.1 Å². The van der Waals surface area contributed by atoms with Gasteiger partial charge >= 0.3 is 5.97 Å².